The number of nitrogens with zero attached hydrogens (tertiary/aromatic N) is 1. The molecule has 21 heavy (non-hydrogen) atoms. The number of rotatable bonds is 6. The van der Waals surface area contributed by atoms with E-state index in [2.05, 4.69) is 0 Å². The van der Waals surface area contributed by atoms with Crippen LogP contribution in [-0.4, -0.2) is 48.7 Å². The Kier molecular flexibility index (Phi) is 7.15. The van der Waals surface area contributed by atoms with E-state index < -0.39 is 0 Å². The predicted molar refractivity (Wildman–Crippen MR) is 80.8 cm³/mol. The molecule has 1 rings (SSSR count). The Bertz CT molecular complexity index is 338. The van der Waals surface area contributed by atoms with Gasteiger partial charge in [0.2, 0.25) is 5.91 Å². The molecule has 0 aromatic carbocycles. The van der Waals surface area contributed by atoms with Gasteiger partial charge < -0.3 is 14.4 Å². The normalized spacial score (nSPS) is 22.4. The summed E-state index contributed by atoms with van der Waals surface area (Å²) in [6.07, 6.45) is 3.27. The molecule has 1 fully saturated rings. The van der Waals surface area contributed by atoms with E-state index in [9.17, 15) is 9.59 Å². The molecule has 122 valence electrons. The van der Waals surface area contributed by atoms with Crippen molar-refractivity contribution in [1.82, 2.24) is 4.90 Å². The SMILES string of the molecule is COC(=O)C1CCC(OCC(=O)N(C(C)C)C(C)C)CC1. The van der Waals surface area contributed by atoms with E-state index in [0.717, 1.165) is 25.7 Å². The van der Waals surface area contributed by atoms with Crippen molar-refractivity contribution in [1.29, 1.82) is 0 Å². The maximum absolute atomic E-state index is 12.2. The van der Waals surface area contributed by atoms with Gasteiger partial charge in [-0.2, -0.15) is 0 Å². The van der Waals surface area contributed by atoms with Gasteiger partial charge in [0.15, 0.2) is 0 Å². The van der Waals surface area contributed by atoms with Gasteiger partial charge in [-0.15, -0.1) is 0 Å². The standard InChI is InChI=1S/C16H29NO4/c1-11(2)17(12(3)4)15(18)10-21-14-8-6-13(7-9-14)16(19)20-5/h11-14H,6-10H2,1-5H3. The van der Waals surface area contributed by atoms with Gasteiger partial charge in [-0.25, -0.2) is 0 Å². The molecule has 0 aromatic rings. The molecule has 0 aliphatic heterocycles. The third-order valence-corrected chi connectivity index (χ3v) is 4.05. The molecule has 0 saturated heterocycles. The van der Waals surface area contributed by atoms with Gasteiger partial charge >= 0.3 is 5.97 Å². The first-order valence-corrected chi connectivity index (χ1v) is 7.87. The lowest BCUT2D eigenvalue weighted by Gasteiger charge is -2.32. The molecule has 0 N–H and O–H groups in total. The van der Waals surface area contributed by atoms with E-state index in [4.69, 9.17) is 9.47 Å². The average molecular weight is 299 g/mol. The van der Waals surface area contributed by atoms with Gasteiger partial charge in [0.25, 0.3) is 0 Å². The van der Waals surface area contributed by atoms with E-state index in [1.807, 2.05) is 32.6 Å². The molecule has 0 spiro atoms. The van der Waals surface area contributed by atoms with Crippen LogP contribution >= 0.6 is 0 Å². The molecule has 1 amide bonds. The Morgan fingerprint density at radius 2 is 1.57 bits per heavy atom. The highest BCUT2D eigenvalue weighted by molar-refractivity contribution is 5.78. The van der Waals surface area contributed by atoms with E-state index in [0.29, 0.717) is 0 Å². The summed E-state index contributed by atoms with van der Waals surface area (Å²) in [4.78, 5) is 25.5. The lowest BCUT2D eigenvalue weighted by Crippen LogP contribution is -2.44. The Morgan fingerprint density at radius 1 is 1.05 bits per heavy atom. The van der Waals surface area contributed by atoms with Crippen LogP contribution in [0.4, 0.5) is 0 Å². The van der Waals surface area contributed by atoms with Gasteiger partial charge in [-0.1, -0.05) is 0 Å². The zero-order valence-electron chi connectivity index (χ0n) is 13.9. The monoisotopic (exact) mass is 299 g/mol. The summed E-state index contributed by atoms with van der Waals surface area (Å²) in [5.41, 5.74) is 0. The molecule has 0 radical (unpaired) electrons. The molecule has 0 unspecified atom stereocenters. The first kappa shape index (κ1) is 18.0. The Hall–Kier alpha value is -1.10. The van der Waals surface area contributed by atoms with Gasteiger partial charge in [0.1, 0.15) is 6.61 Å². The number of hydrogen-bond donors (Lipinski definition) is 0. The molecule has 0 atom stereocenters. The largest absolute Gasteiger partial charge is 0.469 e. The average Bonchev–Trinajstić information content (AvgIpc) is 2.44. The second-order valence-electron chi connectivity index (χ2n) is 6.30. The fourth-order valence-corrected chi connectivity index (χ4v) is 3.07. The second-order valence-corrected chi connectivity index (χ2v) is 6.30. The van der Waals surface area contributed by atoms with Crippen LogP contribution in [0.5, 0.6) is 0 Å². The van der Waals surface area contributed by atoms with Crippen molar-refractivity contribution in [3.8, 4) is 0 Å². The highest BCUT2D eigenvalue weighted by Crippen LogP contribution is 2.27. The van der Waals surface area contributed by atoms with E-state index >= 15 is 0 Å². The number of amides is 1. The summed E-state index contributed by atoms with van der Waals surface area (Å²) in [5, 5.41) is 0. The summed E-state index contributed by atoms with van der Waals surface area (Å²) < 4.78 is 10.5. The van der Waals surface area contributed by atoms with Crippen molar-refractivity contribution in [2.75, 3.05) is 13.7 Å². The van der Waals surface area contributed by atoms with Crippen LogP contribution in [0.25, 0.3) is 0 Å². The maximum atomic E-state index is 12.2. The lowest BCUT2D eigenvalue weighted by molar-refractivity contribution is -0.149. The van der Waals surface area contributed by atoms with Crippen molar-refractivity contribution >= 4 is 11.9 Å². The second kappa shape index (κ2) is 8.37. The van der Waals surface area contributed by atoms with Gasteiger partial charge in [-0.3, -0.25) is 9.59 Å². The molecule has 1 saturated carbocycles. The number of esters is 1. The molecular formula is C16H29NO4. The van der Waals surface area contributed by atoms with E-state index in [-0.39, 0.29) is 42.6 Å². The fraction of sp³-hybridized carbons (Fsp3) is 0.875. The van der Waals surface area contributed by atoms with Crippen molar-refractivity contribution in [3.05, 3.63) is 0 Å². The molecule has 5 nitrogen and oxygen atoms in total. The Labute approximate surface area is 128 Å². The summed E-state index contributed by atoms with van der Waals surface area (Å²) >= 11 is 0. The zero-order valence-corrected chi connectivity index (χ0v) is 13.9. The minimum atomic E-state index is -0.129. The van der Waals surface area contributed by atoms with Crippen molar-refractivity contribution in [3.63, 3.8) is 0 Å². The number of hydrogen-bond acceptors (Lipinski definition) is 4. The number of carbonyl (C=O) groups excluding carboxylic acids is 2. The molecule has 0 bridgehead atoms. The Morgan fingerprint density at radius 3 is 2.00 bits per heavy atom. The van der Waals surface area contributed by atoms with Crippen LogP contribution in [0.1, 0.15) is 53.4 Å². The van der Waals surface area contributed by atoms with Gasteiger partial charge in [-0.05, 0) is 53.4 Å². The van der Waals surface area contributed by atoms with E-state index in [1.54, 1.807) is 0 Å². The molecule has 0 heterocycles. The number of methoxy groups -OCH3 is 1. The van der Waals surface area contributed by atoms with Crippen molar-refractivity contribution < 1.29 is 19.1 Å². The van der Waals surface area contributed by atoms with Gasteiger partial charge in [0.05, 0.1) is 19.1 Å². The number of ether oxygens (including phenoxy) is 2. The molecule has 1 aliphatic rings. The van der Waals surface area contributed by atoms with Crippen LogP contribution < -0.4 is 0 Å². The summed E-state index contributed by atoms with van der Waals surface area (Å²) in [6, 6.07) is 0.354. The van der Waals surface area contributed by atoms with Crippen molar-refractivity contribution in [2.24, 2.45) is 5.92 Å². The van der Waals surface area contributed by atoms with Crippen LogP contribution in [-0.2, 0) is 19.1 Å². The quantitative estimate of drug-likeness (QED) is 0.707. The van der Waals surface area contributed by atoms with Crippen LogP contribution in [0.2, 0.25) is 0 Å². The summed E-state index contributed by atoms with van der Waals surface area (Å²) in [7, 11) is 1.43. The van der Waals surface area contributed by atoms with Crippen LogP contribution in [0, 0.1) is 5.92 Å². The van der Waals surface area contributed by atoms with E-state index in [1.165, 1.54) is 7.11 Å². The highest BCUT2D eigenvalue weighted by Gasteiger charge is 2.28. The molecular weight excluding hydrogens is 270 g/mol. The molecule has 0 aromatic heterocycles. The topological polar surface area (TPSA) is 55.8 Å². The minimum Gasteiger partial charge on any atom is -0.469 e. The van der Waals surface area contributed by atoms with Crippen LogP contribution in [0.15, 0.2) is 0 Å². The summed E-state index contributed by atoms with van der Waals surface area (Å²) in [5.74, 6) is -0.0983. The molecule has 1 aliphatic carbocycles. The third-order valence-electron chi connectivity index (χ3n) is 4.05. The predicted octanol–water partition coefficient (Wildman–Crippen LogP) is 2.38. The lowest BCUT2D eigenvalue weighted by atomic mass is 9.87. The third kappa shape index (κ3) is 5.30. The fourth-order valence-electron chi connectivity index (χ4n) is 3.07. The zero-order chi connectivity index (χ0) is 16.0. The Balaban J connectivity index is 2.36. The summed E-state index contributed by atoms with van der Waals surface area (Å²) in [6.45, 7) is 8.18. The first-order chi connectivity index (χ1) is 9.86. The number of carbonyl (C=O) groups is 2. The van der Waals surface area contributed by atoms with Gasteiger partial charge in [0, 0.05) is 12.1 Å². The highest BCUT2D eigenvalue weighted by atomic mass is 16.5. The minimum absolute atomic E-state index is 0.00613. The van der Waals surface area contributed by atoms with Crippen molar-refractivity contribution in [2.45, 2.75) is 71.6 Å². The molecule has 5 heteroatoms. The maximum Gasteiger partial charge on any atom is 0.308 e. The first-order valence-electron chi connectivity index (χ1n) is 7.87. The smallest absolute Gasteiger partial charge is 0.308 e. The van der Waals surface area contributed by atoms with Crippen LogP contribution in [0.3, 0.4) is 0 Å².